The van der Waals surface area contributed by atoms with E-state index in [4.69, 9.17) is 16.3 Å². The molecule has 0 bridgehead atoms. The normalized spacial score (nSPS) is 16.9. The van der Waals surface area contributed by atoms with Crippen LogP contribution in [0.5, 0.6) is 0 Å². The molecule has 2 aromatic rings. The van der Waals surface area contributed by atoms with Crippen molar-refractivity contribution in [3.63, 3.8) is 0 Å². The summed E-state index contributed by atoms with van der Waals surface area (Å²) in [5.41, 5.74) is 0.552. The molecule has 0 radical (unpaired) electrons. The second-order valence-electron chi connectivity index (χ2n) is 6.31. The molecule has 25 heavy (non-hydrogen) atoms. The highest BCUT2D eigenvalue weighted by molar-refractivity contribution is 7.90. The highest BCUT2D eigenvalue weighted by Crippen LogP contribution is 2.41. The number of nitrogens with zero attached hydrogens (tertiary/aromatic N) is 1. The minimum atomic E-state index is -3.40. The van der Waals surface area contributed by atoms with Gasteiger partial charge in [-0.25, -0.2) is 13.4 Å². The van der Waals surface area contributed by atoms with Crippen molar-refractivity contribution in [1.29, 1.82) is 0 Å². The summed E-state index contributed by atoms with van der Waals surface area (Å²) in [6, 6.07) is 9.93. The number of Topliss-reactive ketones (excluding diaryl/α,β-unsaturated/α-hetero) is 1. The number of sulfone groups is 1. The largest absolute Gasteiger partial charge is 0.478 e. The van der Waals surface area contributed by atoms with Gasteiger partial charge in [0, 0.05) is 23.0 Å². The lowest BCUT2D eigenvalue weighted by molar-refractivity contribution is -0.125. The number of rotatable bonds is 3. The smallest absolute Gasteiger partial charge is 0.210 e. The number of halogens is 1. The first-order valence-electron chi connectivity index (χ1n) is 7.50. The molecule has 0 saturated carbocycles. The number of carbonyl (C=O) groups is 1. The van der Waals surface area contributed by atoms with Crippen LogP contribution in [-0.2, 0) is 19.4 Å². The third-order valence-electron chi connectivity index (χ3n) is 3.85. The summed E-state index contributed by atoms with van der Waals surface area (Å²) in [4.78, 5) is 16.8. The van der Waals surface area contributed by atoms with E-state index in [9.17, 15) is 13.2 Å². The lowest BCUT2D eigenvalue weighted by Crippen LogP contribution is -2.29. The summed E-state index contributed by atoms with van der Waals surface area (Å²) in [6.07, 6.45) is 2.48. The Balaban J connectivity index is 2.17. The Bertz CT molecular complexity index is 992. The molecule has 0 aliphatic carbocycles. The third-order valence-corrected chi connectivity index (χ3v) is 5.09. The van der Waals surface area contributed by atoms with Gasteiger partial charge >= 0.3 is 0 Å². The van der Waals surface area contributed by atoms with E-state index in [1.807, 2.05) is 0 Å². The second kappa shape index (κ2) is 5.97. The van der Waals surface area contributed by atoms with Crippen LogP contribution in [0, 0.1) is 0 Å². The Hall–Kier alpha value is -2.18. The molecule has 0 amide bonds. The van der Waals surface area contributed by atoms with Gasteiger partial charge < -0.3 is 4.74 Å². The number of hydrogen-bond acceptors (Lipinski definition) is 5. The Morgan fingerprint density at radius 2 is 1.84 bits per heavy atom. The SMILES string of the molecule is CC1(C)OC(c2ccc(S(C)(=O)=O)nc2)=C(c2cccc(Cl)c2)C1=O. The van der Waals surface area contributed by atoms with Gasteiger partial charge in [-0.3, -0.25) is 4.79 Å². The molecule has 1 aromatic carbocycles. The van der Waals surface area contributed by atoms with Crippen LogP contribution in [0.2, 0.25) is 5.02 Å². The zero-order chi connectivity index (χ0) is 18.4. The van der Waals surface area contributed by atoms with E-state index in [1.165, 1.54) is 12.3 Å². The van der Waals surface area contributed by atoms with Gasteiger partial charge in [-0.15, -0.1) is 0 Å². The minimum Gasteiger partial charge on any atom is -0.478 e. The molecule has 0 fully saturated rings. The monoisotopic (exact) mass is 377 g/mol. The number of ketones is 1. The number of benzene rings is 1. The summed E-state index contributed by atoms with van der Waals surface area (Å²) in [5, 5.41) is 0.470. The summed E-state index contributed by atoms with van der Waals surface area (Å²) < 4.78 is 29.0. The first-order chi connectivity index (χ1) is 11.6. The van der Waals surface area contributed by atoms with Crippen molar-refractivity contribution in [2.24, 2.45) is 0 Å². The number of carbonyl (C=O) groups excluding carboxylic acids is 1. The van der Waals surface area contributed by atoms with Crippen molar-refractivity contribution in [1.82, 2.24) is 4.98 Å². The first kappa shape index (κ1) is 17.6. The van der Waals surface area contributed by atoms with Crippen molar-refractivity contribution < 1.29 is 17.9 Å². The van der Waals surface area contributed by atoms with Gasteiger partial charge in [-0.05, 0) is 43.7 Å². The van der Waals surface area contributed by atoms with Crippen LogP contribution >= 0.6 is 11.6 Å². The van der Waals surface area contributed by atoms with Crippen LogP contribution in [0.3, 0.4) is 0 Å². The minimum absolute atomic E-state index is 0.0373. The summed E-state index contributed by atoms with van der Waals surface area (Å²) in [5.74, 6) is 0.196. The fourth-order valence-corrected chi connectivity index (χ4v) is 3.35. The molecule has 1 aliphatic heterocycles. The molecule has 3 rings (SSSR count). The number of aromatic nitrogens is 1. The second-order valence-corrected chi connectivity index (χ2v) is 8.71. The third kappa shape index (κ3) is 3.32. The molecule has 5 nitrogen and oxygen atoms in total. The maximum Gasteiger partial charge on any atom is 0.210 e. The summed E-state index contributed by atoms with van der Waals surface area (Å²) >= 11 is 6.05. The van der Waals surface area contributed by atoms with Crippen molar-refractivity contribution >= 4 is 38.6 Å². The van der Waals surface area contributed by atoms with Crippen LogP contribution in [0.1, 0.15) is 25.0 Å². The molecule has 2 heterocycles. The van der Waals surface area contributed by atoms with E-state index in [2.05, 4.69) is 4.98 Å². The Kier molecular flexibility index (Phi) is 4.21. The maximum absolute atomic E-state index is 12.8. The van der Waals surface area contributed by atoms with E-state index in [0.717, 1.165) is 6.26 Å². The van der Waals surface area contributed by atoms with E-state index >= 15 is 0 Å². The van der Waals surface area contributed by atoms with E-state index in [0.29, 0.717) is 27.5 Å². The highest BCUT2D eigenvalue weighted by Gasteiger charge is 2.42. The maximum atomic E-state index is 12.8. The molecule has 7 heteroatoms. The average molecular weight is 378 g/mol. The highest BCUT2D eigenvalue weighted by atomic mass is 35.5. The fraction of sp³-hybridized carbons (Fsp3) is 0.222. The van der Waals surface area contributed by atoms with Crippen molar-refractivity contribution in [2.45, 2.75) is 24.5 Å². The molecule has 0 atom stereocenters. The molecule has 0 N–H and O–H groups in total. The Morgan fingerprint density at radius 1 is 1.12 bits per heavy atom. The van der Waals surface area contributed by atoms with Crippen molar-refractivity contribution in [3.05, 3.63) is 58.7 Å². The lowest BCUT2D eigenvalue weighted by Gasteiger charge is -2.17. The van der Waals surface area contributed by atoms with Crippen molar-refractivity contribution in [2.75, 3.05) is 6.26 Å². The molecule has 0 unspecified atom stereocenters. The molecule has 0 saturated heterocycles. The van der Waals surface area contributed by atoms with Crippen LogP contribution in [0.15, 0.2) is 47.6 Å². The molecule has 0 spiro atoms. The predicted octanol–water partition coefficient (Wildman–Crippen LogP) is 3.38. The Labute approximate surface area is 151 Å². The van der Waals surface area contributed by atoms with E-state index < -0.39 is 15.4 Å². The number of ether oxygens (including phenoxy) is 1. The van der Waals surface area contributed by atoms with Crippen LogP contribution in [-0.4, -0.2) is 31.0 Å². The van der Waals surface area contributed by atoms with Gasteiger partial charge in [0.25, 0.3) is 0 Å². The van der Waals surface area contributed by atoms with E-state index in [1.54, 1.807) is 44.2 Å². The van der Waals surface area contributed by atoms with Crippen LogP contribution < -0.4 is 0 Å². The van der Waals surface area contributed by atoms with Crippen LogP contribution in [0.25, 0.3) is 11.3 Å². The zero-order valence-electron chi connectivity index (χ0n) is 13.9. The summed E-state index contributed by atoms with van der Waals surface area (Å²) in [6.45, 7) is 3.37. The van der Waals surface area contributed by atoms with Crippen molar-refractivity contribution in [3.8, 4) is 0 Å². The topological polar surface area (TPSA) is 73.3 Å². The number of pyridine rings is 1. The number of hydrogen-bond donors (Lipinski definition) is 0. The van der Waals surface area contributed by atoms with Gasteiger partial charge in [-0.2, -0.15) is 0 Å². The average Bonchev–Trinajstić information content (AvgIpc) is 2.77. The van der Waals surface area contributed by atoms with Gasteiger partial charge in [-0.1, -0.05) is 23.7 Å². The van der Waals surface area contributed by atoms with Gasteiger partial charge in [0.1, 0.15) is 5.76 Å². The first-order valence-corrected chi connectivity index (χ1v) is 9.77. The molecule has 1 aliphatic rings. The molecular formula is C18H16ClNO4S. The standard InChI is InChI=1S/C18H16ClNO4S/c1-18(2)17(21)15(11-5-4-6-13(19)9-11)16(24-18)12-7-8-14(20-10-12)25(3,22)23/h4-10H,1-3H3. The fourth-order valence-electron chi connectivity index (χ4n) is 2.60. The molecular weight excluding hydrogens is 362 g/mol. The van der Waals surface area contributed by atoms with Gasteiger partial charge in [0.05, 0.1) is 5.57 Å². The van der Waals surface area contributed by atoms with E-state index in [-0.39, 0.29) is 10.8 Å². The predicted molar refractivity (Wildman–Crippen MR) is 95.8 cm³/mol. The zero-order valence-corrected chi connectivity index (χ0v) is 15.5. The summed E-state index contributed by atoms with van der Waals surface area (Å²) in [7, 11) is -3.40. The van der Waals surface area contributed by atoms with Gasteiger partial charge in [0.15, 0.2) is 20.5 Å². The molecule has 1 aromatic heterocycles. The lowest BCUT2D eigenvalue weighted by atomic mass is 9.93. The quantitative estimate of drug-likeness (QED) is 0.819. The molecule has 130 valence electrons. The van der Waals surface area contributed by atoms with Gasteiger partial charge in [0.2, 0.25) is 5.78 Å². The van der Waals surface area contributed by atoms with Crippen LogP contribution in [0.4, 0.5) is 0 Å². The Morgan fingerprint density at radius 3 is 2.40 bits per heavy atom.